The number of H-pyrrole nitrogens is 1. The quantitative estimate of drug-likeness (QED) is 0.908. The summed E-state index contributed by atoms with van der Waals surface area (Å²) in [5.41, 5.74) is -1.50. The molecule has 0 atom stereocenters. The smallest absolute Gasteiger partial charge is 0.385 e. The number of hydrogen-bond acceptors (Lipinski definition) is 3. The van der Waals surface area contributed by atoms with Crippen LogP contribution in [-0.2, 0) is 10.9 Å². The summed E-state index contributed by atoms with van der Waals surface area (Å²) in [4.78, 5) is 13.3. The number of halogens is 3. The summed E-state index contributed by atoms with van der Waals surface area (Å²) in [6, 6.07) is 0. The van der Waals surface area contributed by atoms with Crippen LogP contribution in [-0.4, -0.2) is 47.8 Å². The van der Waals surface area contributed by atoms with Crippen molar-refractivity contribution in [3.8, 4) is 0 Å². The molecule has 1 fully saturated rings. The van der Waals surface area contributed by atoms with Gasteiger partial charge in [0.05, 0.1) is 6.20 Å². The van der Waals surface area contributed by atoms with E-state index in [9.17, 15) is 18.0 Å². The Balaban J connectivity index is 1.97. The fourth-order valence-electron chi connectivity index (χ4n) is 2.03. The number of methoxy groups -OCH3 is 1. The minimum Gasteiger partial charge on any atom is -0.385 e. The zero-order chi connectivity index (χ0) is 14.0. The predicted octanol–water partition coefficient (Wildman–Crippen LogP) is 1.54. The van der Waals surface area contributed by atoms with Crippen LogP contribution in [0.5, 0.6) is 0 Å². The number of nitrogens with one attached hydrogen (secondary N) is 1. The minimum absolute atomic E-state index is 0.293. The largest absolute Gasteiger partial charge is 0.420 e. The maximum atomic E-state index is 12.6. The van der Waals surface area contributed by atoms with E-state index in [1.165, 1.54) is 4.90 Å². The van der Waals surface area contributed by atoms with Crippen LogP contribution in [0.1, 0.15) is 22.5 Å². The maximum absolute atomic E-state index is 12.6. The lowest BCUT2D eigenvalue weighted by atomic mass is 9.96. The van der Waals surface area contributed by atoms with Crippen molar-refractivity contribution in [2.75, 3.05) is 26.8 Å². The van der Waals surface area contributed by atoms with Gasteiger partial charge in [-0.3, -0.25) is 9.89 Å². The van der Waals surface area contributed by atoms with Crippen LogP contribution in [0.2, 0.25) is 0 Å². The second-order valence-corrected chi connectivity index (χ2v) is 4.51. The molecule has 0 aliphatic carbocycles. The van der Waals surface area contributed by atoms with Gasteiger partial charge in [0.15, 0.2) is 0 Å². The molecule has 1 aliphatic heterocycles. The van der Waals surface area contributed by atoms with Crippen LogP contribution >= 0.6 is 0 Å². The van der Waals surface area contributed by atoms with E-state index >= 15 is 0 Å². The van der Waals surface area contributed by atoms with Crippen LogP contribution in [0.15, 0.2) is 6.20 Å². The van der Waals surface area contributed by atoms with Gasteiger partial charge in [-0.2, -0.15) is 18.3 Å². The predicted molar refractivity (Wildman–Crippen MR) is 59.5 cm³/mol. The number of likely N-dealkylation sites (tertiary alicyclic amines) is 1. The molecule has 5 nitrogen and oxygen atoms in total. The second kappa shape index (κ2) is 5.20. The monoisotopic (exact) mass is 277 g/mol. The van der Waals surface area contributed by atoms with E-state index in [4.69, 9.17) is 4.74 Å². The van der Waals surface area contributed by atoms with Crippen molar-refractivity contribution in [1.82, 2.24) is 15.1 Å². The standard InChI is InChI=1S/C11H14F3N3O2/c1-19-3-2-7-5-17(6-7)10(18)9-8(4-15-16-9)11(12,13)14/h4,7H,2-3,5-6H2,1H3,(H,15,16). The second-order valence-electron chi connectivity index (χ2n) is 4.51. The van der Waals surface area contributed by atoms with E-state index in [2.05, 4.69) is 10.2 Å². The van der Waals surface area contributed by atoms with Gasteiger partial charge in [-0.25, -0.2) is 0 Å². The summed E-state index contributed by atoms with van der Waals surface area (Å²) >= 11 is 0. The minimum atomic E-state index is -4.57. The van der Waals surface area contributed by atoms with E-state index in [-0.39, 0.29) is 0 Å². The molecule has 1 N–H and O–H groups in total. The molecule has 0 spiro atoms. The summed E-state index contributed by atoms with van der Waals surface area (Å²) in [7, 11) is 1.59. The molecule has 1 aromatic heterocycles. The van der Waals surface area contributed by atoms with Gasteiger partial charge in [-0.15, -0.1) is 0 Å². The van der Waals surface area contributed by atoms with E-state index in [0.29, 0.717) is 31.8 Å². The fourth-order valence-corrected chi connectivity index (χ4v) is 2.03. The molecule has 19 heavy (non-hydrogen) atoms. The topological polar surface area (TPSA) is 58.2 Å². The normalized spacial score (nSPS) is 16.5. The van der Waals surface area contributed by atoms with Crippen molar-refractivity contribution >= 4 is 5.91 Å². The molecule has 2 heterocycles. The number of carbonyl (C=O) groups excluding carboxylic acids is 1. The number of hydrogen-bond donors (Lipinski definition) is 1. The van der Waals surface area contributed by atoms with Crippen molar-refractivity contribution in [3.63, 3.8) is 0 Å². The highest BCUT2D eigenvalue weighted by molar-refractivity contribution is 5.94. The van der Waals surface area contributed by atoms with E-state index in [1.807, 2.05) is 0 Å². The van der Waals surface area contributed by atoms with Crippen LogP contribution in [0, 0.1) is 5.92 Å². The summed E-state index contributed by atoms with van der Waals surface area (Å²) in [5, 5.41) is 5.44. The summed E-state index contributed by atoms with van der Waals surface area (Å²) < 4.78 is 42.8. The van der Waals surface area contributed by atoms with Gasteiger partial charge in [-0.1, -0.05) is 0 Å². The van der Waals surface area contributed by atoms with Crippen LogP contribution in [0.25, 0.3) is 0 Å². The van der Waals surface area contributed by atoms with E-state index < -0.39 is 23.3 Å². The van der Waals surface area contributed by atoms with Crippen molar-refractivity contribution < 1.29 is 22.7 Å². The maximum Gasteiger partial charge on any atom is 0.420 e. The number of nitrogens with zero attached hydrogens (tertiary/aromatic N) is 2. The Morgan fingerprint density at radius 3 is 2.84 bits per heavy atom. The number of ether oxygens (including phenoxy) is 1. The summed E-state index contributed by atoms with van der Waals surface area (Å²) in [6.45, 7) is 1.50. The van der Waals surface area contributed by atoms with Crippen molar-refractivity contribution in [2.24, 2.45) is 5.92 Å². The number of carbonyl (C=O) groups is 1. The first-order chi connectivity index (χ1) is 8.93. The molecular weight excluding hydrogens is 263 g/mol. The van der Waals surface area contributed by atoms with Gasteiger partial charge in [0.1, 0.15) is 11.3 Å². The van der Waals surface area contributed by atoms with Gasteiger partial charge in [0.25, 0.3) is 5.91 Å². The van der Waals surface area contributed by atoms with Gasteiger partial charge in [-0.05, 0) is 12.3 Å². The van der Waals surface area contributed by atoms with Gasteiger partial charge >= 0.3 is 6.18 Å². The third-order valence-corrected chi connectivity index (χ3v) is 3.13. The van der Waals surface area contributed by atoms with Crippen LogP contribution < -0.4 is 0 Å². The number of aromatic nitrogens is 2. The van der Waals surface area contributed by atoms with Gasteiger partial charge in [0, 0.05) is 26.8 Å². The Kier molecular flexibility index (Phi) is 3.79. The molecule has 0 bridgehead atoms. The zero-order valence-corrected chi connectivity index (χ0v) is 10.3. The van der Waals surface area contributed by atoms with Crippen LogP contribution in [0.4, 0.5) is 13.2 Å². The zero-order valence-electron chi connectivity index (χ0n) is 10.3. The SMILES string of the molecule is COCCC1CN(C(=O)c2[nH]ncc2C(F)(F)F)C1. The molecule has 0 aromatic carbocycles. The molecular formula is C11H14F3N3O2. The van der Waals surface area contributed by atoms with Crippen molar-refractivity contribution in [2.45, 2.75) is 12.6 Å². The highest BCUT2D eigenvalue weighted by atomic mass is 19.4. The molecule has 2 rings (SSSR count). The van der Waals surface area contributed by atoms with Crippen LogP contribution in [0.3, 0.4) is 0 Å². The lowest BCUT2D eigenvalue weighted by Crippen LogP contribution is -2.50. The van der Waals surface area contributed by atoms with Gasteiger partial charge in [0.2, 0.25) is 0 Å². The molecule has 0 radical (unpaired) electrons. The molecule has 0 saturated carbocycles. The molecule has 1 amide bonds. The Bertz CT molecular complexity index is 452. The number of rotatable bonds is 4. The first kappa shape index (κ1) is 13.9. The highest BCUT2D eigenvalue weighted by Gasteiger charge is 2.40. The summed E-state index contributed by atoms with van der Waals surface area (Å²) in [6.07, 6.45) is -3.14. The molecule has 1 aliphatic rings. The number of alkyl halides is 3. The average Bonchev–Trinajstić information content (AvgIpc) is 2.75. The van der Waals surface area contributed by atoms with E-state index in [0.717, 1.165) is 6.42 Å². The first-order valence-corrected chi connectivity index (χ1v) is 5.82. The Hall–Kier alpha value is -1.57. The average molecular weight is 277 g/mol. The van der Waals surface area contributed by atoms with Crippen molar-refractivity contribution in [1.29, 1.82) is 0 Å². The molecule has 1 saturated heterocycles. The molecule has 1 aromatic rings. The number of aromatic amines is 1. The van der Waals surface area contributed by atoms with Crippen molar-refractivity contribution in [3.05, 3.63) is 17.5 Å². The molecule has 0 unspecified atom stereocenters. The Labute approximate surface area is 107 Å². The first-order valence-electron chi connectivity index (χ1n) is 5.82. The molecule has 106 valence electrons. The third-order valence-electron chi connectivity index (χ3n) is 3.13. The van der Waals surface area contributed by atoms with E-state index in [1.54, 1.807) is 7.11 Å². The third kappa shape index (κ3) is 2.89. The lowest BCUT2D eigenvalue weighted by Gasteiger charge is -2.39. The fraction of sp³-hybridized carbons (Fsp3) is 0.636. The Morgan fingerprint density at radius 2 is 2.26 bits per heavy atom. The highest BCUT2D eigenvalue weighted by Crippen LogP contribution is 2.32. The lowest BCUT2D eigenvalue weighted by molar-refractivity contribution is -0.138. The Morgan fingerprint density at radius 1 is 1.58 bits per heavy atom. The molecule has 8 heteroatoms. The number of amides is 1. The summed E-state index contributed by atoms with van der Waals surface area (Å²) in [5.74, 6) is -0.361. The van der Waals surface area contributed by atoms with Gasteiger partial charge < -0.3 is 9.64 Å².